The molecule has 0 heterocycles. The smallest absolute Gasteiger partial charge is 0.307 e. The summed E-state index contributed by atoms with van der Waals surface area (Å²) in [5, 5.41) is 11.6. The highest BCUT2D eigenvalue weighted by Gasteiger charge is 2.48. The molecule has 1 amide bonds. The fourth-order valence-corrected chi connectivity index (χ4v) is 1.88. The van der Waals surface area contributed by atoms with Gasteiger partial charge in [-0.1, -0.05) is 26.2 Å². The first kappa shape index (κ1) is 13.0. The highest BCUT2D eigenvalue weighted by atomic mass is 16.4. The van der Waals surface area contributed by atoms with Gasteiger partial charge in [0.25, 0.3) is 0 Å². The molecule has 1 aliphatic carbocycles. The van der Waals surface area contributed by atoms with E-state index in [1.54, 1.807) is 0 Å². The van der Waals surface area contributed by atoms with E-state index in [-0.39, 0.29) is 17.9 Å². The van der Waals surface area contributed by atoms with Gasteiger partial charge in [-0.3, -0.25) is 9.59 Å². The van der Waals surface area contributed by atoms with Crippen molar-refractivity contribution in [3.63, 3.8) is 0 Å². The van der Waals surface area contributed by atoms with Crippen LogP contribution in [-0.2, 0) is 9.59 Å². The van der Waals surface area contributed by atoms with E-state index in [0.29, 0.717) is 6.42 Å². The van der Waals surface area contributed by atoms with Crippen LogP contribution < -0.4 is 5.32 Å². The topological polar surface area (TPSA) is 66.4 Å². The lowest BCUT2D eigenvalue weighted by atomic mass is 10.1. The van der Waals surface area contributed by atoms with E-state index < -0.39 is 11.9 Å². The van der Waals surface area contributed by atoms with E-state index in [1.165, 1.54) is 12.8 Å². The van der Waals surface area contributed by atoms with Crippen molar-refractivity contribution in [3.8, 4) is 0 Å². The van der Waals surface area contributed by atoms with E-state index in [1.807, 2.05) is 6.92 Å². The fourth-order valence-electron chi connectivity index (χ4n) is 1.88. The highest BCUT2D eigenvalue weighted by Crippen LogP contribution is 2.38. The van der Waals surface area contributed by atoms with Crippen molar-refractivity contribution in [1.29, 1.82) is 0 Å². The second kappa shape index (κ2) is 5.87. The minimum absolute atomic E-state index is 0.0867. The predicted molar refractivity (Wildman–Crippen MR) is 61.0 cm³/mol. The zero-order valence-corrected chi connectivity index (χ0v) is 10.0. The zero-order valence-electron chi connectivity index (χ0n) is 10.0. The van der Waals surface area contributed by atoms with Crippen LogP contribution in [0.5, 0.6) is 0 Å². The van der Waals surface area contributed by atoms with Crippen LogP contribution in [-0.4, -0.2) is 23.0 Å². The van der Waals surface area contributed by atoms with Gasteiger partial charge in [0.1, 0.15) is 0 Å². The van der Waals surface area contributed by atoms with Gasteiger partial charge in [-0.05, 0) is 19.8 Å². The van der Waals surface area contributed by atoms with Gasteiger partial charge in [0.05, 0.1) is 11.8 Å². The molecule has 1 rings (SSSR count). The number of nitrogens with one attached hydrogen (secondary N) is 1. The number of carboxylic acid groups (broad SMARTS) is 1. The Morgan fingerprint density at radius 3 is 2.56 bits per heavy atom. The van der Waals surface area contributed by atoms with Crippen LogP contribution in [0.2, 0.25) is 0 Å². The van der Waals surface area contributed by atoms with Crippen molar-refractivity contribution in [1.82, 2.24) is 5.32 Å². The molecule has 16 heavy (non-hydrogen) atoms. The molecule has 0 spiro atoms. The maximum atomic E-state index is 11.6. The molecule has 0 radical (unpaired) electrons. The maximum Gasteiger partial charge on any atom is 0.307 e. The van der Waals surface area contributed by atoms with Crippen LogP contribution in [0.3, 0.4) is 0 Å². The molecule has 3 unspecified atom stereocenters. The van der Waals surface area contributed by atoms with Crippen LogP contribution in [0, 0.1) is 11.8 Å². The molecule has 0 saturated heterocycles. The summed E-state index contributed by atoms with van der Waals surface area (Å²) in [5.41, 5.74) is 0. The van der Waals surface area contributed by atoms with Gasteiger partial charge < -0.3 is 10.4 Å². The molecule has 0 aromatic carbocycles. The Balaban J connectivity index is 2.17. The minimum atomic E-state index is -0.848. The molecule has 0 aliphatic heterocycles. The van der Waals surface area contributed by atoms with Crippen LogP contribution in [0.25, 0.3) is 0 Å². The molecule has 1 fully saturated rings. The highest BCUT2D eigenvalue weighted by molar-refractivity contribution is 5.89. The number of hydrogen-bond acceptors (Lipinski definition) is 2. The summed E-state index contributed by atoms with van der Waals surface area (Å²) in [7, 11) is 0. The zero-order chi connectivity index (χ0) is 12.1. The second-order valence-electron chi connectivity index (χ2n) is 4.69. The summed E-state index contributed by atoms with van der Waals surface area (Å²) >= 11 is 0. The molecule has 1 aliphatic rings. The van der Waals surface area contributed by atoms with Gasteiger partial charge in [-0.15, -0.1) is 0 Å². The SMILES string of the molecule is CCCCCC(C)NC(=O)C1CC1C(=O)O. The standard InChI is InChI=1S/C12H21NO3/c1-3-4-5-6-8(2)13-11(14)9-7-10(9)12(15)16/h8-10H,3-7H2,1-2H3,(H,13,14)(H,15,16). The van der Waals surface area contributed by atoms with E-state index >= 15 is 0 Å². The molecular weight excluding hydrogens is 206 g/mol. The first-order valence-corrected chi connectivity index (χ1v) is 6.09. The Hall–Kier alpha value is -1.06. The van der Waals surface area contributed by atoms with Crippen LogP contribution >= 0.6 is 0 Å². The summed E-state index contributed by atoms with van der Waals surface area (Å²) in [6.45, 7) is 4.12. The lowest BCUT2D eigenvalue weighted by Gasteiger charge is -2.13. The molecule has 3 atom stereocenters. The Kier molecular flexibility index (Phi) is 4.77. The van der Waals surface area contributed by atoms with Crippen LogP contribution in [0.1, 0.15) is 46.0 Å². The number of aliphatic carboxylic acids is 1. The largest absolute Gasteiger partial charge is 0.481 e. The van der Waals surface area contributed by atoms with Crippen molar-refractivity contribution >= 4 is 11.9 Å². The number of carboxylic acids is 1. The first-order valence-electron chi connectivity index (χ1n) is 6.09. The molecule has 2 N–H and O–H groups in total. The van der Waals surface area contributed by atoms with E-state index in [2.05, 4.69) is 12.2 Å². The van der Waals surface area contributed by atoms with Gasteiger partial charge in [-0.2, -0.15) is 0 Å². The summed E-state index contributed by atoms with van der Waals surface area (Å²) in [5.74, 6) is -1.66. The van der Waals surface area contributed by atoms with Crippen LogP contribution in [0.4, 0.5) is 0 Å². The summed E-state index contributed by atoms with van der Waals surface area (Å²) in [6.07, 6.45) is 4.95. The van der Waals surface area contributed by atoms with Gasteiger partial charge in [0.2, 0.25) is 5.91 Å². The second-order valence-corrected chi connectivity index (χ2v) is 4.69. The summed E-state index contributed by atoms with van der Waals surface area (Å²) in [6, 6.07) is 0.161. The summed E-state index contributed by atoms with van der Waals surface area (Å²) < 4.78 is 0. The number of carbonyl (C=O) groups is 2. The van der Waals surface area contributed by atoms with Gasteiger partial charge in [0, 0.05) is 6.04 Å². The third kappa shape index (κ3) is 3.83. The average Bonchev–Trinajstić information content (AvgIpc) is 2.97. The van der Waals surface area contributed by atoms with Gasteiger partial charge in [0.15, 0.2) is 0 Å². The molecule has 0 bridgehead atoms. The average molecular weight is 227 g/mol. The molecule has 1 saturated carbocycles. The van der Waals surface area contributed by atoms with E-state index in [9.17, 15) is 9.59 Å². The van der Waals surface area contributed by atoms with E-state index in [0.717, 1.165) is 12.8 Å². The Bertz CT molecular complexity index is 265. The minimum Gasteiger partial charge on any atom is -0.481 e. The number of hydrogen-bond donors (Lipinski definition) is 2. The van der Waals surface area contributed by atoms with Crippen LogP contribution in [0.15, 0.2) is 0 Å². The Morgan fingerprint density at radius 2 is 2.06 bits per heavy atom. The molecule has 0 aromatic rings. The monoisotopic (exact) mass is 227 g/mol. The van der Waals surface area contributed by atoms with Crippen molar-refractivity contribution in [2.75, 3.05) is 0 Å². The molecule has 92 valence electrons. The molecule has 4 heteroatoms. The Morgan fingerprint density at radius 1 is 1.38 bits per heavy atom. The number of carbonyl (C=O) groups excluding carboxylic acids is 1. The van der Waals surface area contributed by atoms with Crippen molar-refractivity contribution < 1.29 is 14.7 Å². The third-order valence-corrected chi connectivity index (χ3v) is 3.07. The van der Waals surface area contributed by atoms with Gasteiger partial charge >= 0.3 is 5.97 Å². The van der Waals surface area contributed by atoms with Crippen molar-refractivity contribution in [2.24, 2.45) is 11.8 Å². The number of amides is 1. The van der Waals surface area contributed by atoms with Gasteiger partial charge in [-0.25, -0.2) is 0 Å². The lowest BCUT2D eigenvalue weighted by molar-refractivity contribution is -0.140. The third-order valence-electron chi connectivity index (χ3n) is 3.07. The normalized spacial score (nSPS) is 24.9. The quantitative estimate of drug-likeness (QED) is 0.652. The number of unbranched alkanes of at least 4 members (excludes halogenated alkanes) is 2. The van der Waals surface area contributed by atoms with Crippen molar-refractivity contribution in [2.45, 2.75) is 52.0 Å². The molecule has 4 nitrogen and oxygen atoms in total. The summed E-state index contributed by atoms with van der Waals surface area (Å²) in [4.78, 5) is 22.2. The molecular formula is C12H21NO3. The Labute approximate surface area is 96.4 Å². The first-order chi connectivity index (χ1) is 7.56. The van der Waals surface area contributed by atoms with Crippen molar-refractivity contribution in [3.05, 3.63) is 0 Å². The predicted octanol–water partition coefficient (Wildman–Crippen LogP) is 1.79. The number of rotatable bonds is 7. The molecule has 0 aromatic heterocycles. The fraction of sp³-hybridized carbons (Fsp3) is 0.833. The maximum absolute atomic E-state index is 11.6. The lowest BCUT2D eigenvalue weighted by Crippen LogP contribution is -2.34. The van der Waals surface area contributed by atoms with E-state index in [4.69, 9.17) is 5.11 Å².